The number of benzene rings is 1. The van der Waals surface area contributed by atoms with Gasteiger partial charge in [-0.3, -0.25) is 14.4 Å². The van der Waals surface area contributed by atoms with Crippen LogP contribution in [0.4, 0.5) is 17.5 Å². The van der Waals surface area contributed by atoms with Gasteiger partial charge in [-0.05, 0) is 54.9 Å². The van der Waals surface area contributed by atoms with Crippen LogP contribution in [0.3, 0.4) is 0 Å². The highest BCUT2D eigenvalue weighted by Crippen LogP contribution is 2.24. The maximum Gasteiger partial charge on any atom is 0.401 e. The average molecular weight is 855 g/mol. The Labute approximate surface area is 345 Å². The number of amides is 1. The summed E-state index contributed by atoms with van der Waals surface area (Å²) in [5.74, 6) is -3.13. The number of nitrogens with zero attached hydrogens (tertiary/aromatic N) is 5. The lowest BCUT2D eigenvalue weighted by molar-refractivity contribution is -0.143. The molecule has 0 saturated heterocycles. The number of carbonyl (C=O) groups is 5. The van der Waals surface area contributed by atoms with Gasteiger partial charge in [0.05, 0.1) is 31.6 Å². The zero-order valence-electron chi connectivity index (χ0n) is 34.2. The molecule has 21 heteroatoms. The van der Waals surface area contributed by atoms with Crippen molar-refractivity contribution in [2.45, 2.75) is 77.3 Å². The molecule has 0 aliphatic rings. The molecule has 3 aromatic rings. The minimum absolute atomic E-state index is 0.00354. The summed E-state index contributed by atoms with van der Waals surface area (Å²) in [6.45, 7) is 14.2. The Morgan fingerprint density at radius 2 is 1.37 bits per heavy atom. The molecule has 0 spiro atoms. The molecule has 5 N–H and O–H groups in total. The van der Waals surface area contributed by atoms with E-state index in [4.69, 9.17) is 38.6 Å². The molecule has 0 aliphatic carbocycles. The summed E-state index contributed by atoms with van der Waals surface area (Å²) in [5, 5.41) is 2.74. The zero-order chi connectivity index (χ0) is 43.6. The molecule has 1 atom stereocenters. The summed E-state index contributed by atoms with van der Waals surface area (Å²) in [6, 6.07) is 6.94. The fourth-order valence-electron chi connectivity index (χ4n) is 5.64. The molecule has 1 aromatic carbocycles. The second-order valence-corrected chi connectivity index (χ2v) is 20.5. The van der Waals surface area contributed by atoms with Crippen LogP contribution >= 0.6 is 0 Å². The van der Waals surface area contributed by atoms with Gasteiger partial charge in [-0.2, -0.15) is 9.97 Å². The third-order valence-electron chi connectivity index (χ3n) is 9.16. The first-order chi connectivity index (χ1) is 28.2. The minimum Gasteiger partial charge on any atom is -0.494 e. The monoisotopic (exact) mass is 854 g/mol. The number of hydrogen-bond acceptors (Lipinski definition) is 18. The normalized spacial score (nSPS) is 11.9. The lowest BCUT2D eigenvalue weighted by atomic mass is 10.1. The van der Waals surface area contributed by atoms with Crippen LogP contribution in [0.25, 0.3) is 11.2 Å². The third kappa shape index (κ3) is 14.2. The van der Waals surface area contributed by atoms with Crippen molar-refractivity contribution in [3.63, 3.8) is 0 Å². The predicted octanol–water partition coefficient (Wildman–Crippen LogP) is 3.64. The Hall–Kier alpha value is -5.78. The standard InChI is InChI=1S/C38H54N8O11Si2/c1-8-30(47)52-20-22-54-58(10-3,11-4)56-32(49)19-18-29(37(51)57-59(12-5,13-6)55-23-21-53-31(48)9-2)43-36(50)26-14-16-28(17-15-26)46(7)25-27-24-41-35-33(42-27)34(39)44-38(40)45-35/h8-9,14-17,24,29H,1-2,10-13,18-23,25H2,3-7H3,(H,43,50)(H4,39,40,41,44,45)/t29-/m1/s1. The molecule has 0 fully saturated rings. The summed E-state index contributed by atoms with van der Waals surface area (Å²) in [6.07, 6.45) is 3.20. The number of fused-ring (bicyclic) bond motifs is 1. The van der Waals surface area contributed by atoms with Crippen LogP contribution < -0.4 is 21.7 Å². The molecule has 0 bridgehead atoms. The van der Waals surface area contributed by atoms with Crippen molar-refractivity contribution >= 4 is 75.5 Å². The molecule has 1 amide bonds. The lowest BCUT2D eigenvalue weighted by Crippen LogP contribution is -2.50. The number of anilines is 3. The number of nitrogen functional groups attached to an aromatic ring is 2. The van der Waals surface area contributed by atoms with Crippen molar-refractivity contribution in [3.8, 4) is 0 Å². The zero-order valence-corrected chi connectivity index (χ0v) is 36.2. The summed E-state index contributed by atoms with van der Waals surface area (Å²) >= 11 is 0. The molecule has 2 aromatic heterocycles. The van der Waals surface area contributed by atoms with Gasteiger partial charge in [0.2, 0.25) is 5.95 Å². The number of nitrogens with two attached hydrogens (primary N) is 2. The van der Waals surface area contributed by atoms with E-state index in [1.165, 1.54) is 0 Å². The first kappa shape index (κ1) is 47.6. The number of rotatable bonds is 25. The first-order valence-corrected chi connectivity index (χ1v) is 23.6. The minimum atomic E-state index is -3.21. The maximum atomic E-state index is 13.9. The van der Waals surface area contributed by atoms with Crippen LogP contribution in [0.15, 0.2) is 55.8 Å². The van der Waals surface area contributed by atoms with Gasteiger partial charge in [-0.1, -0.05) is 40.9 Å². The van der Waals surface area contributed by atoms with Crippen molar-refractivity contribution in [1.82, 2.24) is 25.3 Å². The van der Waals surface area contributed by atoms with Crippen molar-refractivity contribution in [2.24, 2.45) is 0 Å². The fraction of sp³-hybridized carbons (Fsp3) is 0.447. The van der Waals surface area contributed by atoms with Gasteiger partial charge in [-0.15, -0.1) is 0 Å². The number of hydrogen-bond donors (Lipinski definition) is 3. The summed E-state index contributed by atoms with van der Waals surface area (Å²) in [7, 11) is -4.45. The van der Waals surface area contributed by atoms with Gasteiger partial charge < -0.3 is 48.9 Å². The molecule has 320 valence electrons. The van der Waals surface area contributed by atoms with E-state index in [0.29, 0.717) is 41.9 Å². The van der Waals surface area contributed by atoms with E-state index in [2.05, 4.69) is 38.4 Å². The van der Waals surface area contributed by atoms with Gasteiger partial charge >= 0.3 is 35.0 Å². The molecule has 0 saturated carbocycles. The number of nitrogens with one attached hydrogen (secondary N) is 1. The van der Waals surface area contributed by atoms with E-state index in [9.17, 15) is 24.0 Å². The van der Waals surface area contributed by atoms with Gasteiger partial charge in [0, 0.05) is 36.9 Å². The van der Waals surface area contributed by atoms with Crippen LogP contribution in [0, 0.1) is 0 Å². The van der Waals surface area contributed by atoms with E-state index in [-0.39, 0.29) is 62.2 Å². The van der Waals surface area contributed by atoms with Crippen molar-refractivity contribution in [3.05, 3.63) is 67.0 Å². The lowest BCUT2D eigenvalue weighted by Gasteiger charge is -2.31. The van der Waals surface area contributed by atoms with Crippen molar-refractivity contribution in [2.75, 3.05) is 49.8 Å². The molecule has 59 heavy (non-hydrogen) atoms. The van der Waals surface area contributed by atoms with Crippen LogP contribution in [-0.4, -0.2) is 106 Å². The highest BCUT2D eigenvalue weighted by atomic mass is 28.4. The number of ether oxygens (including phenoxy) is 2. The molecule has 2 heterocycles. The molecule has 19 nitrogen and oxygen atoms in total. The van der Waals surface area contributed by atoms with E-state index in [1.54, 1.807) is 30.5 Å². The van der Waals surface area contributed by atoms with E-state index < -0.39 is 52.9 Å². The Kier molecular flexibility index (Phi) is 18.5. The smallest absolute Gasteiger partial charge is 0.401 e. The second kappa shape index (κ2) is 23.0. The Morgan fingerprint density at radius 1 is 0.814 bits per heavy atom. The molecule has 0 unspecified atom stereocenters. The Balaban J connectivity index is 1.77. The molecule has 0 radical (unpaired) electrons. The number of aromatic nitrogens is 4. The SMILES string of the molecule is C=CC(=O)OCCO[Si](CC)(CC)OC(=O)CC[C@@H](NC(=O)c1ccc(N(C)Cc2cnc3nc(N)nc(N)c3n2)cc1)C(=O)O[Si](CC)(CC)OCCOC(=O)C=C. The van der Waals surface area contributed by atoms with Gasteiger partial charge in [0.1, 0.15) is 19.3 Å². The highest BCUT2D eigenvalue weighted by Gasteiger charge is 2.41. The number of carbonyl (C=O) groups excluding carboxylic acids is 5. The van der Waals surface area contributed by atoms with Crippen molar-refractivity contribution in [1.29, 1.82) is 0 Å². The maximum absolute atomic E-state index is 13.9. The van der Waals surface area contributed by atoms with Gasteiger partial charge in [0.15, 0.2) is 17.0 Å². The van der Waals surface area contributed by atoms with Crippen LogP contribution in [0.2, 0.25) is 24.2 Å². The van der Waals surface area contributed by atoms with Crippen molar-refractivity contribution < 1.29 is 51.2 Å². The van der Waals surface area contributed by atoms with Crippen LogP contribution in [0.5, 0.6) is 0 Å². The second-order valence-electron chi connectivity index (χ2n) is 13.0. The molecule has 0 aliphatic heterocycles. The van der Waals surface area contributed by atoms with Gasteiger partial charge in [-0.25, -0.2) is 19.6 Å². The quantitative estimate of drug-likeness (QED) is 0.0475. The molecular formula is C38H54N8O11Si2. The summed E-state index contributed by atoms with van der Waals surface area (Å²) in [4.78, 5) is 82.5. The topological polar surface area (TPSA) is 260 Å². The molecule has 3 rings (SSSR count). The third-order valence-corrected chi connectivity index (χ3v) is 16.1. The average Bonchev–Trinajstić information content (AvgIpc) is 3.24. The summed E-state index contributed by atoms with van der Waals surface area (Å²) in [5.41, 5.74) is 13.8. The number of esters is 2. The predicted molar refractivity (Wildman–Crippen MR) is 223 cm³/mol. The Bertz CT molecular complexity index is 1950. The Morgan fingerprint density at radius 3 is 1.92 bits per heavy atom. The largest absolute Gasteiger partial charge is 0.494 e. The van der Waals surface area contributed by atoms with E-state index in [0.717, 1.165) is 17.8 Å². The highest BCUT2D eigenvalue weighted by molar-refractivity contribution is 6.69. The van der Waals surface area contributed by atoms with Crippen LogP contribution in [0.1, 0.15) is 56.6 Å². The van der Waals surface area contributed by atoms with E-state index >= 15 is 0 Å². The van der Waals surface area contributed by atoms with Crippen LogP contribution in [-0.2, 0) is 52.9 Å². The van der Waals surface area contributed by atoms with Gasteiger partial charge in [0.25, 0.3) is 11.9 Å². The first-order valence-electron chi connectivity index (χ1n) is 19.1. The summed E-state index contributed by atoms with van der Waals surface area (Å²) < 4.78 is 33.9. The van der Waals surface area contributed by atoms with E-state index in [1.807, 2.05) is 39.6 Å². The fourth-order valence-corrected chi connectivity index (χ4v) is 10.1. The molecular weight excluding hydrogens is 801 g/mol.